The fraction of sp³-hybridized carbons (Fsp3) is 0.222. The molecule has 126 valence electrons. The van der Waals surface area contributed by atoms with Crippen molar-refractivity contribution in [3.8, 4) is 11.5 Å². The summed E-state index contributed by atoms with van der Waals surface area (Å²) in [6.07, 6.45) is 0.796. The number of carbonyl (C=O) groups is 2. The summed E-state index contributed by atoms with van der Waals surface area (Å²) in [5, 5.41) is 0. The molecule has 2 N–H and O–H groups in total. The van der Waals surface area contributed by atoms with Crippen LogP contribution < -0.4 is 20.3 Å². The number of hydrogen-bond acceptors (Lipinski definition) is 4. The number of hydrogen-bond donors (Lipinski definition) is 2. The highest BCUT2D eigenvalue weighted by Crippen LogP contribution is 2.17. The molecule has 0 aliphatic heterocycles. The van der Waals surface area contributed by atoms with Gasteiger partial charge in [0.1, 0.15) is 11.5 Å². The zero-order valence-electron chi connectivity index (χ0n) is 13.5. The standard InChI is InChI=1S/C18H20N2O4/c1-23-15-9-11-16(12-10-15)24-13-5-8-17(21)19-20-18(22)14-6-3-2-4-7-14/h2-4,6-7,9-12H,5,8,13H2,1H3,(H,19,21)(H,20,22). The molecule has 24 heavy (non-hydrogen) atoms. The van der Waals surface area contributed by atoms with Gasteiger partial charge < -0.3 is 9.47 Å². The molecule has 2 rings (SSSR count). The number of amides is 2. The van der Waals surface area contributed by atoms with E-state index in [1.807, 2.05) is 6.07 Å². The van der Waals surface area contributed by atoms with Crippen molar-refractivity contribution in [2.24, 2.45) is 0 Å². The summed E-state index contributed by atoms with van der Waals surface area (Å²) < 4.78 is 10.6. The molecular formula is C18H20N2O4. The first kappa shape index (κ1) is 17.3. The van der Waals surface area contributed by atoms with Crippen molar-refractivity contribution in [2.75, 3.05) is 13.7 Å². The zero-order chi connectivity index (χ0) is 17.2. The lowest BCUT2D eigenvalue weighted by Gasteiger charge is -2.08. The summed E-state index contributed by atoms with van der Waals surface area (Å²) >= 11 is 0. The maximum Gasteiger partial charge on any atom is 0.269 e. The van der Waals surface area contributed by atoms with E-state index >= 15 is 0 Å². The van der Waals surface area contributed by atoms with Crippen molar-refractivity contribution >= 4 is 11.8 Å². The maximum atomic E-state index is 11.8. The SMILES string of the molecule is COc1ccc(OCCCC(=O)NNC(=O)c2ccccc2)cc1. The number of benzene rings is 2. The highest BCUT2D eigenvalue weighted by atomic mass is 16.5. The Morgan fingerprint density at radius 1 is 0.917 bits per heavy atom. The molecule has 0 heterocycles. The van der Waals surface area contributed by atoms with Crippen LogP contribution in [0.2, 0.25) is 0 Å². The molecule has 2 amide bonds. The third-order valence-electron chi connectivity index (χ3n) is 3.23. The van der Waals surface area contributed by atoms with Gasteiger partial charge in [-0.15, -0.1) is 0 Å². The predicted octanol–water partition coefficient (Wildman–Crippen LogP) is 2.32. The van der Waals surface area contributed by atoms with Gasteiger partial charge in [0.2, 0.25) is 5.91 Å². The van der Waals surface area contributed by atoms with Gasteiger partial charge in [-0.05, 0) is 42.8 Å². The first-order valence-electron chi connectivity index (χ1n) is 7.60. The van der Waals surface area contributed by atoms with E-state index < -0.39 is 0 Å². The van der Waals surface area contributed by atoms with Crippen molar-refractivity contribution in [1.29, 1.82) is 0 Å². The van der Waals surface area contributed by atoms with Crippen LogP contribution >= 0.6 is 0 Å². The van der Waals surface area contributed by atoms with Crippen molar-refractivity contribution < 1.29 is 19.1 Å². The molecule has 0 saturated heterocycles. The number of rotatable bonds is 7. The zero-order valence-corrected chi connectivity index (χ0v) is 13.5. The van der Waals surface area contributed by atoms with Crippen LogP contribution in [0.5, 0.6) is 11.5 Å². The molecule has 6 nitrogen and oxygen atoms in total. The van der Waals surface area contributed by atoms with E-state index in [1.54, 1.807) is 55.6 Å². The Bertz CT molecular complexity index is 656. The van der Waals surface area contributed by atoms with E-state index in [4.69, 9.17) is 9.47 Å². The summed E-state index contributed by atoms with van der Waals surface area (Å²) in [4.78, 5) is 23.4. The van der Waals surface area contributed by atoms with Gasteiger partial charge >= 0.3 is 0 Å². The lowest BCUT2D eigenvalue weighted by Crippen LogP contribution is -2.41. The normalized spacial score (nSPS) is 9.88. The highest BCUT2D eigenvalue weighted by Gasteiger charge is 2.06. The van der Waals surface area contributed by atoms with Gasteiger partial charge in [-0.3, -0.25) is 20.4 Å². The molecule has 0 unspecified atom stereocenters. The monoisotopic (exact) mass is 328 g/mol. The van der Waals surface area contributed by atoms with Crippen LogP contribution in [0.15, 0.2) is 54.6 Å². The minimum Gasteiger partial charge on any atom is -0.497 e. The second-order valence-corrected chi connectivity index (χ2v) is 5.00. The summed E-state index contributed by atoms with van der Waals surface area (Å²) in [5.74, 6) is 0.862. The van der Waals surface area contributed by atoms with Crippen LogP contribution in [0.4, 0.5) is 0 Å². The molecule has 0 atom stereocenters. The second kappa shape index (κ2) is 9.19. The third kappa shape index (κ3) is 5.64. The fourth-order valence-corrected chi connectivity index (χ4v) is 1.95. The second-order valence-electron chi connectivity index (χ2n) is 5.00. The van der Waals surface area contributed by atoms with Crippen LogP contribution in [0.25, 0.3) is 0 Å². The summed E-state index contributed by atoms with van der Waals surface area (Å²) in [5.41, 5.74) is 5.25. The first-order chi connectivity index (χ1) is 11.7. The number of ether oxygens (including phenoxy) is 2. The topological polar surface area (TPSA) is 76.7 Å². The molecule has 0 aromatic heterocycles. The maximum absolute atomic E-state index is 11.8. The number of carbonyl (C=O) groups excluding carboxylic acids is 2. The van der Waals surface area contributed by atoms with Gasteiger partial charge in [0.15, 0.2) is 0 Å². The van der Waals surface area contributed by atoms with E-state index in [2.05, 4.69) is 10.9 Å². The molecule has 0 saturated carbocycles. The van der Waals surface area contributed by atoms with Crippen molar-refractivity contribution in [3.05, 3.63) is 60.2 Å². The van der Waals surface area contributed by atoms with Crippen LogP contribution in [0, 0.1) is 0 Å². The Balaban J connectivity index is 1.62. The molecule has 2 aromatic carbocycles. The number of nitrogens with one attached hydrogen (secondary N) is 2. The smallest absolute Gasteiger partial charge is 0.269 e. The van der Waals surface area contributed by atoms with Crippen LogP contribution in [-0.2, 0) is 4.79 Å². The Morgan fingerprint density at radius 3 is 2.25 bits per heavy atom. The Labute approximate surface area is 140 Å². The quantitative estimate of drug-likeness (QED) is 0.604. The molecule has 2 aromatic rings. The van der Waals surface area contributed by atoms with Gasteiger partial charge in [0.25, 0.3) is 5.91 Å². The average Bonchev–Trinajstić information content (AvgIpc) is 2.64. The molecular weight excluding hydrogens is 308 g/mol. The van der Waals surface area contributed by atoms with E-state index in [0.29, 0.717) is 24.3 Å². The third-order valence-corrected chi connectivity index (χ3v) is 3.23. The largest absolute Gasteiger partial charge is 0.497 e. The Kier molecular flexibility index (Phi) is 6.64. The average molecular weight is 328 g/mol. The van der Waals surface area contributed by atoms with Crippen molar-refractivity contribution in [2.45, 2.75) is 12.8 Å². The van der Waals surface area contributed by atoms with Gasteiger partial charge in [0, 0.05) is 12.0 Å². The van der Waals surface area contributed by atoms with E-state index in [-0.39, 0.29) is 18.2 Å². The van der Waals surface area contributed by atoms with E-state index in [9.17, 15) is 9.59 Å². The summed E-state index contributed by atoms with van der Waals surface area (Å²) in [6, 6.07) is 15.9. The molecule has 6 heteroatoms. The van der Waals surface area contributed by atoms with Gasteiger partial charge in [-0.2, -0.15) is 0 Å². The summed E-state index contributed by atoms with van der Waals surface area (Å²) in [6.45, 7) is 0.409. The number of hydrazine groups is 1. The van der Waals surface area contributed by atoms with Crippen LogP contribution in [0.3, 0.4) is 0 Å². The minimum absolute atomic E-state index is 0.255. The first-order valence-corrected chi connectivity index (χ1v) is 7.60. The van der Waals surface area contributed by atoms with Crippen LogP contribution in [-0.4, -0.2) is 25.5 Å². The van der Waals surface area contributed by atoms with Gasteiger partial charge in [-0.25, -0.2) is 0 Å². The molecule has 0 radical (unpaired) electrons. The molecule has 0 aliphatic carbocycles. The Hall–Kier alpha value is -3.02. The summed E-state index contributed by atoms with van der Waals surface area (Å²) in [7, 11) is 1.60. The lowest BCUT2D eigenvalue weighted by molar-refractivity contribution is -0.122. The molecule has 0 aliphatic rings. The van der Waals surface area contributed by atoms with E-state index in [0.717, 1.165) is 5.75 Å². The number of methoxy groups -OCH3 is 1. The molecule has 0 fully saturated rings. The Morgan fingerprint density at radius 2 is 1.58 bits per heavy atom. The van der Waals surface area contributed by atoms with Crippen molar-refractivity contribution in [1.82, 2.24) is 10.9 Å². The minimum atomic E-state index is -0.349. The fourth-order valence-electron chi connectivity index (χ4n) is 1.95. The van der Waals surface area contributed by atoms with Gasteiger partial charge in [-0.1, -0.05) is 18.2 Å². The van der Waals surface area contributed by atoms with Gasteiger partial charge in [0.05, 0.1) is 13.7 Å². The van der Waals surface area contributed by atoms with Crippen LogP contribution in [0.1, 0.15) is 23.2 Å². The highest BCUT2D eigenvalue weighted by molar-refractivity contribution is 5.95. The molecule has 0 bridgehead atoms. The molecule has 0 spiro atoms. The van der Waals surface area contributed by atoms with E-state index in [1.165, 1.54) is 0 Å². The lowest BCUT2D eigenvalue weighted by atomic mass is 10.2. The predicted molar refractivity (Wildman–Crippen MR) is 89.8 cm³/mol. The van der Waals surface area contributed by atoms with Crippen molar-refractivity contribution in [3.63, 3.8) is 0 Å².